The molecule has 5 heteroatoms. The number of anilines is 2. The third kappa shape index (κ3) is 3.13. The number of aromatic nitrogens is 1. The van der Waals surface area contributed by atoms with Crippen LogP contribution in [0.4, 0.5) is 16.2 Å². The van der Waals surface area contributed by atoms with Gasteiger partial charge in [0.2, 0.25) is 0 Å². The van der Waals surface area contributed by atoms with Gasteiger partial charge in [-0.2, -0.15) is 0 Å². The Morgan fingerprint density at radius 2 is 2.05 bits per heavy atom. The standard InChI is InChI=1S/C16H18N4O/c1-12-2-3-14(18-10-12)11-19-13-4-6-15(7-5-13)20-9-8-17-16(20)21/h2-7,10,19H,8-9,11H2,1H3,(H,17,21). The molecule has 0 atom stereocenters. The van der Waals surface area contributed by atoms with Crippen LogP contribution >= 0.6 is 0 Å². The second-order valence-corrected chi connectivity index (χ2v) is 5.11. The van der Waals surface area contributed by atoms with Crippen molar-refractivity contribution < 1.29 is 4.79 Å². The Balaban J connectivity index is 1.62. The Labute approximate surface area is 124 Å². The second-order valence-electron chi connectivity index (χ2n) is 5.11. The summed E-state index contributed by atoms with van der Waals surface area (Å²) in [6, 6.07) is 11.9. The number of urea groups is 1. The van der Waals surface area contributed by atoms with Crippen molar-refractivity contribution in [1.82, 2.24) is 10.3 Å². The normalized spacial score (nSPS) is 14.1. The largest absolute Gasteiger partial charge is 0.379 e. The predicted octanol–water partition coefficient (Wildman–Crippen LogP) is 2.53. The summed E-state index contributed by atoms with van der Waals surface area (Å²) in [7, 11) is 0. The first-order chi connectivity index (χ1) is 10.2. The Bertz CT molecular complexity index is 622. The van der Waals surface area contributed by atoms with E-state index >= 15 is 0 Å². The first-order valence-electron chi connectivity index (χ1n) is 7.03. The van der Waals surface area contributed by atoms with E-state index in [2.05, 4.69) is 21.7 Å². The lowest BCUT2D eigenvalue weighted by molar-refractivity contribution is 0.252. The van der Waals surface area contributed by atoms with Crippen molar-refractivity contribution in [3.63, 3.8) is 0 Å². The van der Waals surface area contributed by atoms with Gasteiger partial charge < -0.3 is 10.6 Å². The molecule has 2 N–H and O–H groups in total. The summed E-state index contributed by atoms with van der Waals surface area (Å²) in [6.45, 7) is 4.14. The zero-order valence-electron chi connectivity index (χ0n) is 12.0. The van der Waals surface area contributed by atoms with Crippen molar-refractivity contribution in [2.24, 2.45) is 0 Å². The fourth-order valence-corrected chi connectivity index (χ4v) is 2.27. The van der Waals surface area contributed by atoms with E-state index in [0.717, 1.165) is 29.2 Å². The Morgan fingerprint density at radius 3 is 2.67 bits per heavy atom. The van der Waals surface area contributed by atoms with Crippen LogP contribution in [0.1, 0.15) is 11.3 Å². The van der Waals surface area contributed by atoms with Crippen LogP contribution < -0.4 is 15.5 Å². The number of hydrogen-bond donors (Lipinski definition) is 2. The summed E-state index contributed by atoms with van der Waals surface area (Å²) < 4.78 is 0. The van der Waals surface area contributed by atoms with Crippen LogP contribution in [0.5, 0.6) is 0 Å². The lowest BCUT2D eigenvalue weighted by Crippen LogP contribution is -2.27. The van der Waals surface area contributed by atoms with E-state index in [1.807, 2.05) is 43.5 Å². The van der Waals surface area contributed by atoms with Crippen LogP contribution in [-0.2, 0) is 6.54 Å². The van der Waals surface area contributed by atoms with Gasteiger partial charge >= 0.3 is 6.03 Å². The number of aryl methyl sites for hydroxylation is 1. The van der Waals surface area contributed by atoms with Crippen molar-refractivity contribution in [2.45, 2.75) is 13.5 Å². The molecule has 2 amide bonds. The molecule has 0 bridgehead atoms. The molecule has 1 aromatic heterocycles. The predicted molar refractivity (Wildman–Crippen MR) is 83.5 cm³/mol. The zero-order chi connectivity index (χ0) is 14.7. The van der Waals surface area contributed by atoms with E-state index < -0.39 is 0 Å². The zero-order valence-corrected chi connectivity index (χ0v) is 12.0. The van der Waals surface area contributed by atoms with Crippen molar-refractivity contribution >= 4 is 17.4 Å². The molecule has 0 radical (unpaired) electrons. The van der Waals surface area contributed by atoms with E-state index in [9.17, 15) is 4.79 Å². The van der Waals surface area contributed by atoms with Gasteiger partial charge in [0.25, 0.3) is 0 Å². The highest BCUT2D eigenvalue weighted by Crippen LogP contribution is 2.19. The molecule has 3 rings (SSSR count). The molecule has 2 heterocycles. The van der Waals surface area contributed by atoms with E-state index in [4.69, 9.17) is 0 Å². The number of carbonyl (C=O) groups is 1. The molecule has 2 aromatic rings. The monoisotopic (exact) mass is 282 g/mol. The summed E-state index contributed by atoms with van der Waals surface area (Å²) in [5.74, 6) is 0. The van der Waals surface area contributed by atoms with Gasteiger partial charge in [-0.25, -0.2) is 4.79 Å². The minimum absolute atomic E-state index is 0.0282. The molecule has 0 aliphatic carbocycles. The highest BCUT2D eigenvalue weighted by atomic mass is 16.2. The molecule has 108 valence electrons. The first kappa shape index (κ1) is 13.4. The minimum Gasteiger partial charge on any atom is -0.379 e. The average molecular weight is 282 g/mol. The molecule has 5 nitrogen and oxygen atoms in total. The quantitative estimate of drug-likeness (QED) is 0.906. The highest BCUT2D eigenvalue weighted by Gasteiger charge is 2.20. The Morgan fingerprint density at radius 1 is 1.24 bits per heavy atom. The minimum atomic E-state index is -0.0282. The Hall–Kier alpha value is -2.56. The maximum Gasteiger partial charge on any atom is 0.321 e. The van der Waals surface area contributed by atoms with Crippen LogP contribution in [0.15, 0.2) is 42.6 Å². The summed E-state index contributed by atoms with van der Waals surface area (Å²) in [5, 5.41) is 6.12. The summed E-state index contributed by atoms with van der Waals surface area (Å²) in [5.41, 5.74) is 4.10. The van der Waals surface area contributed by atoms with E-state index in [0.29, 0.717) is 13.1 Å². The maximum absolute atomic E-state index is 11.6. The number of hydrogen-bond acceptors (Lipinski definition) is 3. The van der Waals surface area contributed by atoms with Crippen molar-refractivity contribution in [1.29, 1.82) is 0 Å². The molecule has 1 saturated heterocycles. The summed E-state index contributed by atoms with van der Waals surface area (Å²) >= 11 is 0. The molecule has 21 heavy (non-hydrogen) atoms. The molecule has 0 saturated carbocycles. The Kier molecular flexibility index (Phi) is 3.73. The van der Waals surface area contributed by atoms with E-state index in [1.54, 1.807) is 4.90 Å². The van der Waals surface area contributed by atoms with Gasteiger partial charge in [-0.15, -0.1) is 0 Å². The van der Waals surface area contributed by atoms with Gasteiger partial charge in [-0.1, -0.05) is 6.07 Å². The first-order valence-corrected chi connectivity index (χ1v) is 7.03. The van der Waals surface area contributed by atoms with E-state index in [-0.39, 0.29) is 6.03 Å². The van der Waals surface area contributed by atoms with Gasteiger partial charge in [-0.05, 0) is 42.8 Å². The number of nitrogens with zero attached hydrogens (tertiary/aromatic N) is 2. The molecule has 1 aliphatic heterocycles. The van der Waals surface area contributed by atoms with Crippen molar-refractivity contribution in [3.05, 3.63) is 53.9 Å². The fraction of sp³-hybridized carbons (Fsp3) is 0.250. The lowest BCUT2D eigenvalue weighted by Gasteiger charge is -2.15. The number of rotatable bonds is 4. The molecule has 1 aromatic carbocycles. The van der Waals surface area contributed by atoms with Crippen molar-refractivity contribution in [3.8, 4) is 0 Å². The van der Waals surface area contributed by atoms with Gasteiger partial charge in [-0.3, -0.25) is 9.88 Å². The molecular weight excluding hydrogens is 264 g/mol. The van der Waals surface area contributed by atoms with Crippen LogP contribution in [0.3, 0.4) is 0 Å². The molecule has 1 aliphatic rings. The van der Waals surface area contributed by atoms with Crippen LogP contribution in [0.25, 0.3) is 0 Å². The van der Waals surface area contributed by atoms with Gasteiger partial charge in [0, 0.05) is 30.7 Å². The SMILES string of the molecule is Cc1ccc(CNc2ccc(N3CCNC3=O)cc2)nc1. The number of amides is 2. The fourth-order valence-electron chi connectivity index (χ4n) is 2.27. The molecule has 1 fully saturated rings. The van der Waals surface area contributed by atoms with Gasteiger partial charge in [0.05, 0.1) is 12.2 Å². The number of carbonyl (C=O) groups excluding carboxylic acids is 1. The van der Waals surface area contributed by atoms with Crippen LogP contribution in [0, 0.1) is 6.92 Å². The van der Waals surface area contributed by atoms with Crippen molar-refractivity contribution in [2.75, 3.05) is 23.3 Å². The topological polar surface area (TPSA) is 57.3 Å². The molecule has 0 spiro atoms. The second kappa shape index (κ2) is 5.83. The summed E-state index contributed by atoms with van der Waals surface area (Å²) in [4.78, 5) is 17.7. The summed E-state index contributed by atoms with van der Waals surface area (Å²) in [6.07, 6.45) is 1.87. The number of pyridine rings is 1. The smallest absolute Gasteiger partial charge is 0.321 e. The van der Waals surface area contributed by atoms with E-state index in [1.165, 1.54) is 0 Å². The van der Waals surface area contributed by atoms with Crippen LogP contribution in [0.2, 0.25) is 0 Å². The van der Waals surface area contributed by atoms with Crippen LogP contribution in [-0.4, -0.2) is 24.1 Å². The molecular formula is C16H18N4O. The van der Waals surface area contributed by atoms with Gasteiger partial charge in [0.15, 0.2) is 0 Å². The van der Waals surface area contributed by atoms with Gasteiger partial charge in [0.1, 0.15) is 0 Å². The third-order valence-electron chi connectivity index (χ3n) is 3.48. The maximum atomic E-state index is 11.6. The lowest BCUT2D eigenvalue weighted by atomic mass is 10.2. The highest BCUT2D eigenvalue weighted by molar-refractivity contribution is 5.94. The number of benzene rings is 1. The average Bonchev–Trinajstić information content (AvgIpc) is 2.93. The third-order valence-corrected chi connectivity index (χ3v) is 3.48. The molecule has 0 unspecified atom stereocenters. The number of nitrogens with one attached hydrogen (secondary N) is 2.